The number of benzene rings is 1. The van der Waals surface area contributed by atoms with E-state index in [0.717, 1.165) is 0 Å². The van der Waals surface area contributed by atoms with Gasteiger partial charge in [0.2, 0.25) is 0 Å². The molecule has 0 fully saturated rings. The van der Waals surface area contributed by atoms with Crippen LogP contribution in [-0.2, 0) is 11.5 Å². The van der Waals surface area contributed by atoms with Crippen LogP contribution < -0.4 is 5.73 Å². The highest BCUT2D eigenvalue weighted by molar-refractivity contribution is 5.31. The van der Waals surface area contributed by atoms with Gasteiger partial charge >= 0.3 is 5.92 Å². The van der Waals surface area contributed by atoms with E-state index in [2.05, 4.69) is 4.98 Å². The third-order valence-corrected chi connectivity index (χ3v) is 3.24. The van der Waals surface area contributed by atoms with Crippen LogP contribution >= 0.6 is 0 Å². The van der Waals surface area contributed by atoms with Gasteiger partial charge in [-0.15, -0.1) is 0 Å². The maximum absolute atomic E-state index is 14.5. The zero-order valence-electron chi connectivity index (χ0n) is 11.0. The number of alkyl halides is 2. The molecular formula is C14H11F5N2O. The first-order chi connectivity index (χ1) is 10.2. The SMILES string of the molecule is NCC(O)(c1ccc(F)cc1F)C(F)(F)c1ccc(F)cn1. The topological polar surface area (TPSA) is 59.1 Å². The highest BCUT2D eigenvalue weighted by Gasteiger charge is 2.56. The fraction of sp³-hybridized carbons (Fsp3) is 0.214. The van der Waals surface area contributed by atoms with Gasteiger partial charge < -0.3 is 10.8 Å². The molecule has 0 aliphatic heterocycles. The van der Waals surface area contributed by atoms with Crippen LogP contribution in [0.4, 0.5) is 22.0 Å². The summed E-state index contributed by atoms with van der Waals surface area (Å²) in [6, 6.07) is 3.11. The molecular weight excluding hydrogens is 307 g/mol. The number of aliphatic hydroxyl groups is 1. The van der Waals surface area contributed by atoms with Crippen molar-refractivity contribution in [1.29, 1.82) is 0 Å². The largest absolute Gasteiger partial charge is 0.377 e. The Morgan fingerprint density at radius 3 is 2.18 bits per heavy atom. The standard InChI is InChI=1S/C14H11F5N2O/c15-8-1-3-10(11(17)5-8)13(22,7-20)14(18,19)12-4-2-9(16)6-21-12/h1-6,22H,7,20H2. The van der Waals surface area contributed by atoms with Gasteiger partial charge in [0.1, 0.15) is 23.1 Å². The van der Waals surface area contributed by atoms with E-state index in [4.69, 9.17) is 5.73 Å². The molecule has 1 aromatic heterocycles. The monoisotopic (exact) mass is 318 g/mol. The fourth-order valence-corrected chi connectivity index (χ4v) is 2.01. The molecule has 0 radical (unpaired) electrons. The maximum atomic E-state index is 14.5. The highest BCUT2D eigenvalue weighted by Crippen LogP contribution is 2.44. The lowest BCUT2D eigenvalue weighted by Crippen LogP contribution is -2.50. The molecule has 118 valence electrons. The van der Waals surface area contributed by atoms with Crippen molar-refractivity contribution in [2.45, 2.75) is 11.5 Å². The Morgan fingerprint density at radius 2 is 1.68 bits per heavy atom. The van der Waals surface area contributed by atoms with Crippen LogP contribution in [0.5, 0.6) is 0 Å². The van der Waals surface area contributed by atoms with Gasteiger partial charge in [0.25, 0.3) is 0 Å². The first-order valence-corrected chi connectivity index (χ1v) is 6.10. The smallest absolute Gasteiger partial charge is 0.323 e. The second kappa shape index (κ2) is 5.62. The Kier molecular flexibility index (Phi) is 4.17. The van der Waals surface area contributed by atoms with Crippen molar-refractivity contribution < 1.29 is 27.1 Å². The Balaban J connectivity index is 2.59. The Labute approximate surface area is 122 Å². The minimum absolute atomic E-state index is 0.351. The average molecular weight is 318 g/mol. The molecule has 0 spiro atoms. The molecule has 2 aromatic rings. The number of halogens is 5. The van der Waals surface area contributed by atoms with Crippen LogP contribution in [0.25, 0.3) is 0 Å². The second-order valence-electron chi connectivity index (χ2n) is 4.62. The van der Waals surface area contributed by atoms with Crippen LogP contribution in [0.2, 0.25) is 0 Å². The fourth-order valence-electron chi connectivity index (χ4n) is 2.01. The van der Waals surface area contributed by atoms with Crippen LogP contribution in [0.1, 0.15) is 11.3 Å². The highest BCUT2D eigenvalue weighted by atomic mass is 19.3. The van der Waals surface area contributed by atoms with Crippen molar-refractivity contribution in [3.8, 4) is 0 Å². The lowest BCUT2D eigenvalue weighted by molar-refractivity contribution is -0.193. The number of nitrogens with two attached hydrogens (primary N) is 1. The predicted octanol–water partition coefficient (Wildman–Crippen LogP) is 2.44. The summed E-state index contributed by atoms with van der Waals surface area (Å²) in [7, 11) is 0. The summed E-state index contributed by atoms with van der Waals surface area (Å²) < 4.78 is 68.5. The van der Waals surface area contributed by atoms with Gasteiger partial charge in [-0.25, -0.2) is 13.2 Å². The van der Waals surface area contributed by atoms with E-state index >= 15 is 0 Å². The molecule has 0 saturated carbocycles. The van der Waals surface area contributed by atoms with E-state index in [9.17, 15) is 27.1 Å². The lowest BCUT2D eigenvalue weighted by Gasteiger charge is -2.35. The number of nitrogens with zero attached hydrogens (tertiary/aromatic N) is 1. The van der Waals surface area contributed by atoms with E-state index in [1.54, 1.807) is 0 Å². The van der Waals surface area contributed by atoms with Crippen LogP contribution in [0.15, 0.2) is 36.5 Å². The van der Waals surface area contributed by atoms with Crippen molar-refractivity contribution in [2.75, 3.05) is 6.54 Å². The van der Waals surface area contributed by atoms with Gasteiger partial charge in [0.05, 0.1) is 6.20 Å². The molecule has 1 aromatic carbocycles. The Hall–Kier alpha value is -2.06. The van der Waals surface area contributed by atoms with Crippen LogP contribution in [0.3, 0.4) is 0 Å². The Bertz CT molecular complexity index is 677. The van der Waals surface area contributed by atoms with E-state index < -0.39 is 46.8 Å². The molecule has 22 heavy (non-hydrogen) atoms. The third-order valence-electron chi connectivity index (χ3n) is 3.24. The lowest BCUT2D eigenvalue weighted by atomic mass is 9.85. The van der Waals surface area contributed by atoms with Gasteiger partial charge in [0, 0.05) is 18.2 Å². The van der Waals surface area contributed by atoms with Crippen molar-refractivity contribution in [3.05, 3.63) is 65.2 Å². The van der Waals surface area contributed by atoms with E-state index in [1.807, 2.05) is 0 Å². The molecule has 0 aliphatic carbocycles. The summed E-state index contributed by atoms with van der Waals surface area (Å²) in [5, 5.41) is 10.2. The predicted molar refractivity (Wildman–Crippen MR) is 67.4 cm³/mol. The molecule has 1 heterocycles. The summed E-state index contributed by atoms with van der Waals surface area (Å²) in [4.78, 5) is 3.20. The molecule has 3 nitrogen and oxygen atoms in total. The molecule has 1 unspecified atom stereocenters. The molecule has 1 atom stereocenters. The minimum atomic E-state index is -4.13. The molecule has 0 aliphatic rings. The van der Waals surface area contributed by atoms with Gasteiger partial charge in [0.15, 0.2) is 5.60 Å². The second-order valence-corrected chi connectivity index (χ2v) is 4.62. The van der Waals surface area contributed by atoms with Crippen LogP contribution in [0, 0.1) is 17.5 Å². The molecule has 0 amide bonds. The molecule has 8 heteroatoms. The van der Waals surface area contributed by atoms with Crippen LogP contribution in [-0.4, -0.2) is 16.6 Å². The van der Waals surface area contributed by atoms with Crippen molar-refractivity contribution in [1.82, 2.24) is 4.98 Å². The van der Waals surface area contributed by atoms with E-state index in [-0.39, 0.29) is 0 Å². The first-order valence-electron chi connectivity index (χ1n) is 6.10. The van der Waals surface area contributed by atoms with Gasteiger partial charge in [-0.1, -0.05) is 6.07 Å². The van der Waals surface area contributed by atoms with Gasteiger partial charge in [-0.2, -0.15) is 8.78 Å². The summed E-state index contributed by atoms with van der Waals surface area (Å²) in [5.74, 6) is -7.36. The van der Waals surface area contributed by atoms with E-state index in [0.29, 0.717) is 36.5 Å². The molecule has 3 N–H and O–H groups in total. The molecule has 0 bridgehead atoms. The number of aromatic nitrogens is 1. The number of hydrogen-bond acceptors (Lipinski definition) is 3. The molecule has 0 saturated heterocycles. The van der Waals surface area contributed by atoms with Gasteiger partial charge in [-0.3, -0.25) is 4.98 Å². The van der Waals surface area contributed by atoms with Crippen molar-refractivity contribution in [2.24, 2.45) is 5.73 Å². The van der Waals surface area contributed by atoms with Crippen molar-refractivity contribution >= 4 is 0 Å². The number of pyridine rings is 1. The maximum Gasteiger partial charge on any atom is 0.323 e. The summed E-state index contributed by atoms with van der Waals surface area (Å²) in [6.07, 6.45) is 0.529. The third kappa shape index (κ3) is 2.55. The number of hydrogen-bond donors (Lipinski definition) is 2. The normalized spacial score (nSPS) is 14.7. The average Bonchev–Trinajstić information content (AvgIpc) is 2.46. The first kappa shape index (κ1) is 16.3. The molecule has 2 rings (SSSR count). The van der Waals surface area contributed by atoms with Gasteiger partial charge in [-0.05, 0) is 18.2 Å². The Morgan fingerprint density at radius 1 is 1.05 bits per heavy atom. The zero-order valence-corrected chi connectivity index (χ0v) is 11.0. The summed E-state index contributed by atoms with van der Waals surface area (Å²) >= 11 is 0. The van der Waals surface area contributed by atoms with Crippen molar-refractivity contribution in [3.63, 3.8) is 0 Å². The zero-order chi connectivity index (χ0) is 16.5. The summed E-state index contributed by atoms with van der Waals surface area (Å²) in [5.41, 5.74) is 0.159. The minimum Gasteiger partial charge on any atom is -0.377 e. The quantitative estimate of drug-likeness (QED) is 0.851. The summed E-state index contributed by atoms with van der Waals surface area (Å²) in [6.45, 7) is -1.07. The number of rotatable bonds is 4. The van der Waals surface area contributed by atoms with E-state index in [1.165, 1.54) is 0 Å².